The molecule has 0 aliphatic rings. The van der Waals surface area contributed by atoms with Crippen LogP contribution in [0.25, 0.3) is 11.3 Å². The maximum absolute atomic E-state index is 10.4. The molecule has 5 heteroatoms. The number of carbonyl (C=O) groups is 1. The average Bonchev–Trinajstić information content (AvgIpc) is 2.61. The van der Waals surface area contributed by atoms with Crippen molar-refractivity contribution in [2.24, 2.45) is 7.05 Å². The molecule has 1 N–H and O–H groups in total. The summed E-state index contributed by atoms with van der Waals surface area (Å²) in [6, 6.07) is 11.1. The molecule has 16 heavy (non-hydrogen) atoms. The van der Waals surface area contributed by atoms with Gasteiger partial charge in [0.2, 0.25) is 5.88 Å². The number of hydrogen-bond acceptors (Lipinski definition) is 3. The first kappa shape index (κ1) is 10.2. The van der Waals surface area contributed by atoms with Crippen molar-refractivity contribution in [1.29, 1.82) is 0 Å². The zero-order chi connectivity index (χ0) is 11.5. The number of aryl methyl sites for hydroxylation is 1. The largest absolute Gasteiger partial charge is 0.512 e. The summed E-state index contributed by atoms with van der Waals surface area (Å²) >= 11 is 0. The van der Waals surface area contributed by atoms with Gasteiger partial charge in [0.25, 0.3) is 0 Å². The molecule has 0 aliphatic carbocycles. The van der Waals surface area contributed by atoms with Gasteiger partial charge in [-0.25, -0.2) is 9.48 Å². The van der Waals surface area contributed by atoms with E-state index in [1.807, 2.05) is 30.3 Å². The highest BCUT2D eigenvalue weighted by Gasteiger charge is 2.10. The molecule has 0 spiro atoms. The van der Waals surface area contributed by atoms with Crippen LogP contribution in [0.5, 0.6) is 5.88 Å². The van der Waals surface area contributed by atoms with E-state index in [0.717, 1.165) is 5.56 Å². The zero-order valence-electron chi connectivity index (χ0n) is 8.62. The minimum Gasteiger partial charge on any atom is -0.449 e. The lowest BCUT2D eigenvalue weighted by molar-refractivity contribution is 0.140. The number of carboxylic acid groups (broad SMARTS) is 1. The van der Waals surface area contributed by atoms with Gasteiger partial charge in [-0.15, -0.1) is 0 Å². The van der Waals surface area contributed by atoms with Crippen molar-refractivity contribution in [2.45, 2.75) is 0 Å². The Morgan fingerprint density at radius 2 is 2.06 bits per heavy atom. The van der Waals surface area contributed by atoms with Crippen molar-refractivity contribution >= 4 is 6.16 Å². The number of nitrogens with zero attached hydrogens (tertiary/aromatic N) is 2. The van der Waals surface area contributed by atoms with Crippen molar-refractivity contribution in [1.82, 2.24) is 9.78 Å². The molecule has 1 aromatic heterocycles. The summed E-state index contributed by atoms with van der Waals surface area (Å²) in [6.07, 6.45) is -1.34. The Morgan fingerprint density at radius 1 is 1.38 bits per heavy atom. The summed E-state index contributed by atoms with van der Waals surface area (Å²) < 4.78 is 5.95. The van der Waals surface area contributed by atoms with E-state index >= 15 is 0 Å². The molecule has 0 saturated heterocycles. The van der Waals surface area contributed by atoms with Crippen molar-refractivity contribution in [2.75, 3.05) is 0 Å². The fraction of sp³-hybridized carbons (Fsp3) is 0.0909. The second kappa shape index (κ2) is 4.06. The highest BCUT2D eigenvalue weighted by atomic mass is 16.7. The summed E-state index contributed by atoms with van der Waals surface area (Å²) in [5, 5.41) is 12.7. The Morgan fingerprint density at radius 3 is 2.69 bits per heavy atom. The maximum Gasteiger partial charge on any atom is 0.512 e. The van der Waals surface area contributed by atoms with Crippen LogP contribution in [-0.4, -0.2) is 21.0 Å². The molecule has 1 heterocycles. The first-order valence-electron chi connectivity index (χ1n) is 4.67. The molecule has 5 nitrogen and oxygen atoms in total. The van der Waals surface area contributed by atoms with Crippen LogP contribution < -0.4 is 4.74 Å². The van der Waals surface area contributed by atoms with Crippen LogP contribution in [0.3, 0.4) is 0 Å². The summed E-state index contributed by atoms with van der Waals surface area (Å²) in [4.78, 5) is 10.4. The smallest absolute Gasteiger partial charge is 0.449 e. The van der Waals surface area contributed by atoms with E-state index in [9.17, 15) is 4.79 Å². The van der Waals surface area contributed by atoms with Gasteiger partial charge < -0.3 is 9.84 Å². The third kappa shape index (κ3) is 2.03. The molecule has 0 radical (unpaired) electrons. The van der Waals surface area contributed by atoms with Gasteiger partial charge in [-0.2, -0.15) is 5.10 Å². The number of rotatable bonds is 2. The predicted molar refractivity (Wildman–Crippen MR) is 57.3 cm³/mol. The van der Waals surface area contributed by atoms with Gasteiger partial charge in [-0.3, -0.25) is 0 Å². The molecular weight excluding hydrogens is 208 g/mol. The van der Waals surface area contributed by atoms with E-state index in [2.05, 4.69) is 9.84 Å². The number of ether oxygens (including phenoxy) is 1. The fourth-order valence-electron chi connectivity index (χ4n) is 1.39. The molecular formula is C11H10N2O3. The molecule has 1 aromatic carbocycles. The lowest BCUT2D eigenvalue weighted by Crippen LogP contribution is -2.06. The third-order valence-electron chi connectivity index (χ3n) is 2.10. The van der Waals surface area contributed by atoms with Gasteiger partial charge in [0.1, 0.15) is 0 Å². The predicted octanol–water partition coefficient (Wildman–Crippen LogP) is 2.14. The zero-order valence-corrected chi connectivity index (χ0v) is 8.62. The van der Waals surface area contributed by atoms with Crippen LogP contribution in [0.15, 0.2) is 36.4 Å². The number of hydrogen-bond donors (Lipinski definition) is 1. The molecule has 82 valence electrons. The van der Waals surface area contributed by atoms with Gasteiger partial charge in [-0.1, -0.05) is 30.3 Å². The van der Waals surface area contributed by atoms with E-state index in [-0.39, 0.29) is 5.88 Å². The number of benzene rings is 1. The normalized spacial score (nSPS) is 10.1. The molecule has 0 atom stereocenters. The van der Waals surface area contributed by atoms with E-state index in [1.165, 1.54) is 4.68 Å². The van der Waals surface area contributed by atoms with E-state index in [0.29, 0.717) is 5.69 Å². The molecule has 0 fully saturated rings. The molecule has 0 aliphatic heterocycles. The summed E-state index contributed by atoms with van der Waals surface area (Å²) in [6.45, 7) is 0. The van der Waals surface area contributed by atoms with Crippen LogP contribution >= 0.6 is 0 Å². The fourth-order valence-corrected chi connectivity index (χ4v) is 1.39. The quantitative estimate of drug-likeness (QED) is 0.784. The Kier molecular flexibility index (Phi) is 2.59. The molecule has 0 saturated carbocycles. The molecule has 2 rings (SSSR count). The second-order valence-electron chi connectivity index (χ2n) is 3.23. The van der Waals surface area contributed by atoms with Gasteiger partial charge in [-0.05, 0) is 0 Å². The topological polar surface area (TPSA) is 64.4 Å². The van der Waals surface area contributed by atoms with Crippen molar-refractivity contribution < 1.29 is 14.6 Å². The van der Waals surface area contributed by atoms with Crippen LogP contribution in [0.4, 0.5) is 4.79 Å². The minimum atomic E-state index is -1.34. The highest BCUT2D eigenvalue weighted by molar-refractivity contribution is 5.64. The molecule has 2 aromatic rings. The van der Waals surface area contributed by atoms with Crippen LogP contribution in [0, 0.1) is 0 Å². The molecule has 0 amide bonds. The van der Waals surface area contributed by atoms with E-state index < -0.39 is 6.16 Å². The van der Waals surface area contributed by atoms with E-state index in [4.69, 9.17) is 5.11 Å². The Hall–Kier alpha value is -2.30. The standard InChI is InChI=1S/C11H10N2O3/c1-13-10(16-11(14)15)7-9(12-13)8-5-3-2-4-6-8/h2-7H,1H3,(H,14,15). The number of aromatic nitrogens is 2. The maximum atomic E-state index is 10.4. The molecule has 0 unspecified atom stereocenters. The van der Waals surface area contributed by atoms with Gasteiger partial charge in [0, 0.05) is 18.7 Å². The molecule has 0 bridgehead atoms. The third-order valence-corrected chi connectivity index (χ3v) is 2.10. The second-order valence-corrected chi connectivity index (χ2v) is 3.23. The van der Waals surface area contributed by atoms with Crippen LogP contribution in [0.1, 0.15) is 0 Å². The minimum absolute atomic E-state index is 0.200. The van der Waals surface area contributed by atoms with E-state index in [1.54, 1.807) is 13.1 Å². The van der Waals surface area contributed by atoms with Gasteiger partial charge >= 0.3 is 6.16 Å². The Bertz CT molecular complexity index is 505. The first-order valence-corrected chi connectivity index (χ1v) is 4.67. The average molecular weight is 218 g/mol. The van der Waals surface area contributed by atoms with Crippen molar-refractivity contribution in [3.8, 4) is 17.1 Å². The van der Waals surface area contributed by atoms with Crippen molar-refractivity contribution in [3.05, 3.63) is 36.4 Å². The SMILES string of the molecule is Cn1nc(-c2ccccc2)cc1OC(=O)O. The summed E-state index contributed by atoms with van der Waals surface area (Å²) in [7, 11) is 1.63. The lowest BCUT2D eigenvalue weighted by Gasteiger charge is -1.96. The highest BCUT2D eigenvalue weighted by Crippen LogP contribution is 2.22. The lowest BCUT2D eigenvalue weighted by atomic mass is 10.2. The van der Waals surface area contributed by atoms with Gasteiger partial charge in [0.05, 0.1) is 5.69 Å². The summed E-state index contributed by atoms with van der Waals surface area (Å²) in [5.41, 5.74) is 1.60. The van der Waals surface area contributed by atoms with Crippen LogP contribution in [0.2, 0.25) is 0 Å². The van der Waals surface area contributed by atoms with Crippen molar-refractivity contribution in [3.63, 3.8) is 0 Å². The first-order chi connectivity index (χ1) is 7.66. The monoisotopic (exact) mass is 218 g/mol. The Balaban J connectivity index is 2.34. The van der Waals surface area contributed by atoms with Gasteiger partial charge in [0.15, 0.2) is 0 Å². The Labute approximate surface area is 91.9 Å². The van der Waals surface area contributed by atoms with Crippen LogP contribution in [-0.2, 0) is 7.05 Å². The summed E-state index contributed by atoms with van der Waals surface area (Å²) in [5.74, 6) is 0.200.